The number of hydrogen-bond acceptors (Lipinski definition) is 2. The van der Waals surface area contributed by atoms with Gasteiger partial charge in [-0.15, -0.1) is 0 Å². The molecule has 3 aromatic rings. The monoisotopic (exact) mass is 277 g/mol. The van der Waals surface area contributed by atoms with Crippen LogP contribution in [0.3, 0.4) is 0 Å². The van der Waals surface area contributed by atoms with Crippen molar-refractivity contribution in [3.8, 4) is 11.1 Å². The Balaban J connectivity index is 2.04. The zero-order valence-corrected chi connectivity index (χ0v) is 10.3. The van der Waals surface area contributed by atoms with Crippen molar-refractivity contribution in [1.29, 1.82) is 0 Å². The molecule has 3 nitrogen and oxygen atoms in total. The van der Waals surface area contributed by atoms with E-state index >= 15 is 0 Å². The minimum absolute atomic E-state index is 0.624. The summed E-state index contributed by atoms with van der Waals surface area (Å²) in [5, 5.41) is 4.69. The van der Waals surface area contributed by atoms with Crippen molar-refractivity contribution in [3.05, 3.63) is 48.9 Å². The maximum absolute atomic E-state index is 12.3. The van der Waals surface area contributed by atoms with E-state index in [2.05, 4.69) is 10.1 Å². The smallest absolute Gasteiger partial charge is 0.263 e. The molecular formula is C14H10F3N3. The van der Waals surface area contributed by atoms with Crippen LogP contribution in [0.15, 0.2) is 48.9 Å². The number of fused-ring (bicyclic) bond motifs is 1. The maximum atomic E-state index is 12.3. The van der Waals surface area contributed by atoms with Gasteiger partial charge in [0.25, 0.3) is 0 Å². The van der Waals surface area contributed by atoms with Gasteiger partial charge in [-0.2, -0.15) is 18.3 Å². The minimum atomic E-state index is -4.28. The van der Waals surface area contributed by atoms with Crippen molar-refractivity contribution in [2.75, 3.05) is 0 Å². The van der Waals surface area contributed by atoms with Crippen LogP contribution in [0, 0.1) is 0 Å². The molecule has 0 N–H and O–H groups in total. The molecule has 1 aromatic carbocycles. The first-order valence-electron chi connectivity index (χ1n) is 5.96. The summed E-state index contributed by atoms with van der Waals surface area (Å²) in [5.41, 5.74) is 2.15. The first kappa shape index (κ1) is 12.7. The molecular weight excluding hydrogens is 267 g/mol. The highest BCUT2D eigenvalue weighted by molar-refractivity contribution is 5.93. The van der Waals surface area contributed by atoms with E-state index in [0.717, 1.165) is 21.1 Å². The van der Waals surface area contributed by atoms with Gasteiger partial charge in [-0.05, 0) is 6.07 Å². The van der Waals surface area contributed by atoms with E-state index < -0.39 is 12.7 Å². The van der Waals surface area contributed by atoms with Crippen molar-refractivity contribution in [3.63, 3.8) is 0 Å². The van der Waals surface area contributed by atoms with Gasteiger partial charge in [0.05, 0.1) is 11.7 Å². The lowest BCUT2D eigenvalue weighted by molar-refractivity contribution is -0.142. The highest BCUT2D eigenvalue weighted by atomic mass is 19.4. The normalized spacial score (nSPS) is 11.9. The van der Waals surface area contributed by atoms with E-state index in [0.29, 0.717) is 5.56 Å². The lowest BCUT2D eigenvalue weighted by Crippen LogP contribution is -2.17. The number of rotatable bonds is 2. The summed E-state index contributed by atoms with van der Waals surface area (Å²) in [5.74, 6) is 0. The average molecular weight is 277 g/mol. The molecule has 0 bridgehead atoms. The van der Waals surface area contributed by atoms with Gasteiger partial charge in [0.2, 0.25) is 0 Å². The molecule has 0 atom stereocenters. The van der Waals surface area contributed by atoms with Crippen LogP contribution in [0.25, 0.3) is 22.0 Å². The summed E-state index contributed by atoms with van der Waals surface area (Å²) in [4.78, 5) is 4.28. The molecule has 0 radical (unpaired) electrons. The lowest BCUT2D eigenvalue weighted by Gasteiger charge is -2.05. The fourth-order valence-electron chi connectivity index (χ4n) is 2.11. The molecule has 20 heavy (non-hydrogen) atoms. The Morgan fingerprint density at radius 1 is 1.10 bits per heavy atom. The van der Waals surface area contributed by atoms with Gasteiger partial charge >= 0.3 is 6.18 Å². The van der Waals surface area contributed by atoms with E-state index in [1.54, 1.807) is 6.20 Å². The van der Waals surface area contributed by atoms with Crippen molar-refractivity contribution >= 4 is 10.9 Å². The first-order valence-corrected chi connectivity index (χ1v) is 5.96. The van der Waals surface area contributed by atoms with Gasteiger partial charge in [-0.3, -0.25) is 9.67 Å². The van der Waals surface area contributed by atoms with Crippen molar-refractivity contribution in [2.45, 2.75) is 12.7 Å². The molecule has 2 aromatic heterocycles. The Morgan fingerprint density at radius 3 is 2.70 bits per heavy atom. The standard InChI is InChI=1S/C14H10F3N3/c15-14(16,17)9-20-8-11(7-19-20)12-5-1-3-10-4-2-6-18-13(10)12/h1-8H,9H2. The zero-order chi connectivity index (χ0) is 14.2. The molecule has 3 rings (SSSR count). The Hall–Kier alpha value is -2.37. The highest BCUT2D eigenvalue weighted by Crippen LogP contribution is 2.27. The van der Waals surface area contributed by atoms with Crippen molar-refractivity contribution in [2.24, 2.45) is 0 Å². The summed E-state index contributed by atoms with van der Waals surface area (Å²) in [6.45, 7) is -1.09. The Kier molecular flexibility index (Phi) is 2.93. The zero-order valence-electron chi connectivity index (χ0n) is 10.3. The Morgan fingerprint density at radius 2 is 1.90 bits per heavy atom. The number of pyridine rings is 1. The molecule has 2 heterocycles. The fraction of sp³-hybridized carbons (Fsp3) is 0.143. The van der Waals surface area contributed by atoms with Crippen LogP contribution in [-0.4, -0.2) is 20.9 Å². The number of alkyl halides is 3. The molecule has 102 valence electrons. The largest absolute Gasteiger partial charge is 0.408 e. The fourth-order valence-corrected chi connectivity index (χ4v) is 2.11. The van der Waals surface area contributed by atoms with E-state index in [1.165, 1.54) is 12.4 Å². The van der Waals surface area contributed by atoms with Crippen LogP contribution in [0.2, 0.25) is 0 Å². The highest BCUT2D eigenvalue weighted by Gasteiger charge is 2.28. The second kappa shape index (κ2) is 4.63. The molecule has 0 spiro atoms. The van der Waals surface area contributed by atoms with E-state index in [9.17, 15) is 13.2 Å². The average Bonchev–Trinajstić information content (AvgIpc) is 2.84. The quantitative estimate of drug-likeness (QED) is 0.715. The number of nitrogens with zero attached hydrogens (tertiary/aromatic N) is 3. The van der Waals surface area contributed by atoms with E-state index in [1.807, 2.05) is 30.3 Å². The van der Waals surface area contributed by atoms with Gasteiger partial charge in [-0.25, -0.2) is 0 Å². The Labute approximate surface area is 112 Å². The third-order valence-corrected chi connectivity index (χ3v) is 2.92. The number of aromatic nitrogens is 3. The Bertz CT molecular complexity index is 741. The molecule has 0 amide bonds. The molecule has 0 unspecified atom stereocenters. The number of halogens is 3. The molecule has 0 saturated carbocycles. The summed E-state index contributed by atoms with van der Waals surface area (Å²) >= 11 is 0. The SMILES string of the molecule is FC(F)(F)Cn1cc(-c2cccc3cccnc23)cn1. The summed E-state index contributed by atoms with van der Waals surface area (Å²) in [6, 6.07) is 9.31. The molecule has 0 saturated heterocycles. The van der Waals surface area contributed by atoms with Crippen LogP contribution in [-0.2, 0) is 6.54 Å². The topological polar surface area (TPSA) is 30.7 Å². The van der Waals surface area contributed by atoms with Gasteiger partial charge < -0.3 is 0 Å². The van der Waals surface area contributed by atoms with E-state index in [-0.39, 0.29) is 0 Å². The third kappa shape index (κ3) is 2.49. The molecule has 0 aliphatic rings. The predicted molar refractivity (Wildman–Crippen MR) is 69.0 cm³/mol. The summed E-state index contributed by atoms with van der Waals surface area (Å²) in [7, 11) is 0. The van der Waals surface area contributed by atoms with Crippen LogP contribution in [0.1, 0.15) is 0 Å². The number of hydrogen-bond donors (Lipinski definition) is 0. The van der Waals surface area contributed by atoms with Gasteiger partial charge in [0.1, 0.15) is 6.54 Å². The van der Waals surface area contributed by atoms with Crippen molar-refractivity contribution in [1.82, 2.24) is 14.8 Å². The molecule has 6 heteroatoms. The summed E-state index contributed by atoms with van der Waals surface area (Å²) < 4.78 is 37.9. The van der Waals surface area contributed by atoms with E-state index in [4.69, 9.17) is 0 Å². The maximum Gasteiger partial charge on any atom is 0.408 e. The lowest BCUT2D eigenvalue weighted by atomic mass is 10.1. The van der Waals surface area contributed by atoms with Gasteiger partial charge in [0.15, 0.2) is 0 Å². The van der Waals surface area contributed by atoms with Crippen LogP contribution >= 0.6 is 0 Å². The molecule has 0 aliphatic carbocycles. The number of benzene rings is 1. The second-order valence-corrected chi connectivity index (χ2v) is 4.42. The predicted octanol–water partition coefficient (Wildman–Crippen LogP) is 3.66. The van der Waals surface area contributed by atoms with Crippen LogP contribution < -0.4 is 0 Å². The summed E-state index contributed by atoms with van der Waals surface area (Å²) in [6.07, 6.45) is 0.193. The number of para-hydroxylation sites is 1. The molecule has 0 aliphatic heterocycles. The van der Waals surface area contributed by atoms with Gasteiger partial charge in [0, 0.05) is 28.9 Å². The van der Waals surface area contributed by atoms with Crippen LogP contribution in [0.5, 0.6) is 0 Å². The molecule has 0 fully saturated rings. The second-order valence-electron chi connectivity index (χ2n) is 4.42. The van der Waals surface area contributed by atoms with Gasteiger partial charge in [-0.1, -0.05) is 24.3 Å². The van der Waals surface area contributed by atoms with Crippen molar-refractivity contribution < 1.29 is 13.2 Å². The van der Waals surface area contributed by atoms with Crippen LogP contribution in [0.4, 0.5) is 13.2 Å². The third-order valence-electron chi connectivity index (χ3n) is 2.92. The first-order chi connectivity index (χ1) is 9.53. The minimum Gasteiger partial charge on any atom is -0.263 e.